The van der Waals surface area contributed by atoms with E-state index in [4.69, 9.17) is 23.2 Å². The van der Waals surface area contributed by atoms with Crippen LogP contribution in [-0.2, 0) is 23.2 Å². The summed E-state index contributed by atoms with van der Waals surface area (Å²) >= 11 is 15.8. The molecule has 2 N–H and O–H groups in total. The summed E-state index contributed by atoms with van der Waals surface area (Å²) < 4.78 is 2.79. The number of amides is 1. The van der Waals surface area contributed by atoms with Gasteiger partial charge in [0, 0.05) is 33.1 Å². The lowest BCUT2D eigenvalue weighted by Crippen LogP contribution is -2.42. The number of anilines is 2. The highest BCUT2D eigenvalue weighted by atomic mass is 79.9. The van der Waals surface area contributed by atoms with Crippen LogP contribution in [0.5, 0.6) is 0 Å². The van der Waals surface area contributed by atoms with Crippen LogP contribution in [0.15, 0.2) is 53.1 Å². The van der Waals surface area contributed by atoms with Crippen LogP contribution >= 0.6 is 39.1 Å². The van der Waals surface area contributed by atoms with Gasteiger partial charge in [-0.1, -0.05) is 51.3 Å². The Morgan fingerprint density at radius 1 is 1.16 bits per heavy atom. The number of aliphatic hydroxyl groups excluding tert-OH is 2. The lowest BCUT2D eigenvalue weighted by atomic mass is 9.91. The van der Waals surface area contributed by atoms with Gasteiger partial charge >= 0.3 is 0 Å². The fraction of sp³-hybridized carbons (Fsp3) is 0.273. The Kier molecular flexibility index (Phi) is 6.16. The number of imidazole rings is 1. The van der Waals surface area contributed by atoms with Crippen molar-refractivity contribution in [3.8, 4) is 0 Å². The van der Waals surface area contributed by atoms with Crippen molar-refractivity contribution in [3.63, 3.8) is 0 Å². The van der Waals surface area contributed by atoms with Crippen LogP contribution in [0.1, 0.15) is 18.2 Å². The Balaban J connectivity index is 1.85. The van der Waals surface area contributed by atoms with E-state index in [1.807, 2.05) is 35.8 Å². The van der Waals surface area contributed by atoms with E-state index in [1.54, 1.807) is 24.4 Å². The number of halogens is 3. The number of hydrogen-bond donors (Lipinski definition) is 2. The molecule has 6 nitrogen and oxygen atoms in total. The quantitative estimate of drug-likeness (QED) is 0.498. The number of aliphatic hydroxyl groups is 2. The first kappa shape index (κ1) is 22.3. The molecule has 4 rings (SSSR count). The molecular formula is C22H20BrCl2N3O3. The summed E-state index contributed by atoms with van der Waals surface area (Å²) in [5, 5.41) is 20.2. The van der Waals surface area contributed by atoms with Crippen molar-refractivity contribution in [2.75, 3.05) is 11.5 Å². The van der Waals surface area contributed by atoms with Gasteiger partial charge in [0.15, 0.2) is 0 Å². The molecule has 0 saturated carbocycles. The van der Waals surface area contributed by atoms with Crippen molar-refractivity contribution in [2.24, 2.45) is 0 Å². The molecule has 1 aliphatic rings. The van der Waals surface area contributed by atoms with Crippen molar-refractivity contribution in [1.82, 2.24) is 9.55 Å². The summed E-state index contributed by atoms with van der Waals surface area (Å²) in [5.41, 5.74) is 1.14. The Bertz CT molecular complexity index is 1120. The maximum atomic E-state index is 13.8. The molecule has 2 atom stereocenters. The van der Waals surface area contributed by atoms with Crippen LogP contribution in [0, 0.1) is 0 Å². The minimum absolute atomic E-state index is 0.164. The topological polar surface area (TPSA) is 78.6 Å². The number of hydrogen-bond acceptors (Lipinski definition) is 4. The highest BCUT2D eigenvalue weighted by molar-refractivity contribution is 9.10. The van der Waals surface area contributed by atoms with Crippen molar-refractivity contribution >= 4 is 56.7 Å². The zero-order valence-electron chi connectivity index (χ0n) is 16.6. The van der Waals surface area contributed by atoms with Crippen molar-refractivity contribution in [2.45, 2.75) is 31.4 Å². The first-order valence-corrected chi connectivity index (χ1v) is 11.2. The molecule has 0 fully saturated rings. The van der Waals surface area contributed by atoms with E-state index in [1.165, 1.54) is 4.90 Å². The Hall–Kier alpha value is -1.90. The van der Waals surface area contributed by atoms with E-state index in [-0.39, 0.29) is 18.9 Å². The number of fused-ring (bicyclic) bond motifs is 1. The molecule has 2 unspecified atom stereocenters. The average Bonchev–Trinajstić information content (AvgIpc) is 3.21. The lowest BCUT2D eigenvalue weighted by molar-refractivity contribution is -0.124. The van der Waals surface area contributed by atoms with E-state index in [0.29, 0.717) is 33.8 Å². The maximum absolute atomic E-state index is 13.8. The molecule has 0 radical (unpaired) electrons. The maximum Gasteiger partial charge on any atom is 0.260 e. The fourth-order valence-electron chi connectivity index (χ4n) is 4.00. The van der Waals surface area contributed by atoms with Gasteiger partial charge in [-0.15, -0.1) is 0 Å². The van der Waals surface area contributed by atoms with E-state index in [9.17, 15) is 15.0 Å². The molecule has 1 aromatic heterocycles. The van der Waals surface area contributed by atoms with Crippen LogP contribution in [-0.4, -0.2) is 38.4 Å². The summed E-state index contributed by atoms with van der Waals surface area (Å²) in [7, 11) is 0. The third kappa shape index (κ3) is 4.13. The largest absolute Gasteiger partial charge is 0.394 e. The van der Waals surface area contributed by atoms with Gasteiger partial charge in [0.25, 0.3) is 5.91 Å². The van der Waals surface area contributed by atoms with Gasteiger partial charge in [-0.05, 0) is 42.8 Å². The third-order valence-electron chi connectivity index (χ3n) is 5.40. The number of carbonyl (C=O) groups excluding carboxylic acids is 1. The summed E-state index contributed by atoms with van der Waals surface area (Å²) in [5.74, 6) is 0.236. The SMILES string of the molecule is CC1(Cc2ccc(Br)cc2)C(=O)N(c2cc(Cl)cc(Cl)c2)c2ncc(CC(O)CO)n21. The Morgan fingerprint density at radius 2 is 1.81 bits per heavy atom. The molecule has 162 valence electrons. The van der Waals surface area contributed by atoms with Crippen LogP contribution in [0.4, 0.5) is 11.6 Å². The second kappa shape index (κ2) is 8.56. The third-order valence-corrected chi connectivity index (χ3v) is 6.36. The zero-order valence-corrected chi connectivity index (χ0v) is 19.7. The summed E-state index contributed by atoms with van der Waals surface area (Å²) in [4.78, 5) is 19.8. The van der Waals surface area contributed by atoms with Gasteiger partial charge in [-0.25, -0.2) is 9.88 Å². The molecule has 2 aromatic carbocycles. The molecule has 9 heteroatoms. The van der Waals surface area contributed by atoms with Gasteiger partial charge < -0.3 is 10.2 Å². The summed E-state index contributed by atoms with van der Waals surface area (Å²) in [6, 6.07) is 12.7. The number of aromatic nitrogens is 2. The van der Waals surface area contributed by atoms with Gasteiger partial charge in [0.1, 0.15) is 5.54 Å². The molecule has 0 spiro atoms. The molecular weight excluding hydrogens is 505 g/mol. The summed E-state index contributed by atoms with van der Waals surface area (Å²) in [6.45, 7) is 1.47. The Labute approximate surface area is 198 Å². The number of nitrogens with zero attached hydrogens (tertiary/aromatic N) is 3. The smallest absolute Gasteiger partial charge is 0.260 e. The second-order valence-corrected chi connectivity index (χ2v) is 9.56. The number of carbonyl (C=O) groups is 1. The fourth-order valence-corrected chi connectivity index (χ4v) is 4.78. The van der Waals surface area contributed by atoms with Gasteiger partial charge in [-0.3, -0.25) is 9.36 Å². The monoisotopic (exact) mass is 523 g/mol. The Morgan fingerprint density at radius 3 is 2.42 bits per heavy atom. The van der Waals surface area contributed by atoms with Crippen molar-refractivity contribution < 1.29 is 15.0 Å². The van der Waals surface area contributed by atoms with Gasteiger partial charge in [-0.2, -0.15) is 0 Å². The van der Waals surface area contributed by atoms with Crippen LogP contribution in [0.3, 0.4) is 0 Å². The summed E-state index contributed by atoms with van der Waals surface area (Å²) in [6.07, 6.45) is 1.24. The van der Waals surface area contributed by atoms with Crippen molar-refractivity contribution in [3.05, 3.63) is 74.4 Å². The molecule has 1 aliphatic heterocycles. The number of benzene rings is 2. The highest BCUT2D eigenvalue weighted by Crippen LogP contribution is 2.43. The van der Waals surface area contributed by atoms with Crippen LogP contribution < -0.4 is 4.90 Å². The predicted octanol–water partition coefficient (Wildman–Crippen LogP) is 4.48. The van der Waals surface area contributed by atoms with E-state index in [2.05, 4.69) is 20.9 Å². The van der Waals surface area contributed by atoms with Gasteiger partial charge in [0.05, 0.1) is 24.6 Å². The molecule has 0 saturated heterocycles. The van der Waals surface area contributed by atoms with E-state index < -0.39 is 11.6 Å². The first-order chi connectivity index (χ1) is 14.7. The molecule has 3 aromatic rings. The predicted molar refractivity (Wildman–Crippen MR) is 124 cm³/mol. The molecule has 2 heterocycles. The molecule has 0 aliphatic carbocycles. The molecule has 0 bridgehead atoms. The molecule has 31 heavy (non-hydrogen) atoms. The van der Waals surface area contributed by atoms with Crippen LogP contribution in [0.2, 0.25) is 10.0 Å². The average molecular weight is 525 g/mol. The first-order valence-electron chi connectivity index (χ1n) is 9.64. The highest BCUT2D eigenvalue weighted by Gasteiger charge is 2.50. The van der Waals surface area contributed by atoms with Crippen molar-refractivity contribution in [1.29, 1.82) is 0 Å². The normalized spacial score (nSPS) is 19.0. The number of rotatable bonds is 6. The zero-order chi connectivity index (χ0) is 22.3. The lowest BCUT2D eigenvalue weighted by Gasteiger charge is -2.27. The molecule has 1 amide bonds. The second-order valence-electron chi connectivity index (χ2n) is 7.77. The van der Waals surface area contributed by atoms with E-state index in [0.717, 1.165) is 10.0 Å². The van der Waals surface area contributed by atoms with Crippen LogP contribution in [0.25, 0.3) is 0 Å². The van der Waals surface area contributed by atoms with E-state index >= 15 is 0 Å². The van der Waals surface area contributed by atoms with Gasteiger partial charge in [0.2, 0.25) is 5.95 Å². The standard InChI is InChI=1S/C22H20BrCl2N3O3/c1-22(10-13-2-4-14(23)5-3-13)20(31)27(17-7-15(24)6-16(25)8-17)21-26-11-18(28(21)22)9-19(30)12-29/h2-8,11,19,29-30H,9-10,12H2,1H3. The minimum atomic E-state index is -1.00. The minimum Gasteiger partial charge on any atom is -0.394 e.